The van der Waals surface area contributed by atoms with Crippen LogP contribution >= 0.6 is 15.9 Å². The zero-order chi connectivity index (χ0) is 12.8. The minimum Gasteiger partial charge on any atom is -0.487 e. The highest BCUT2D eigenvalue weighted by Crippen LogP contribution is 2.54. The summed E-state index contributed by atoms with van der Waals surface area (Å²) in [6.45, 7) is 0. The molecule has 1 aromatic rings. The Morgan fingerprint density at radius 2 is 2.06 bits per heavy atom. The van der Waals surface area contributed by atoms with Crippen LogP contribution < -0.4 is 4.74 Å². The molecule has 0 bridgehead atoms. The zero-order valence-corrected chi connectivity index (χ0v) is 11.6. The van der Waals surface area contributed by atoms with Gasteiger partial charge in [0.15, 0.2) is 11.6 Å². The van der Waals surface area contributed by atoms with Gasteiger partial charge >= 0.3 is 0 Å². The van der Waals surface area contributed by atoms with Gasteiger partial charge in [0.2, 0.25) is 0 Å². The van der Waals surface area contributed by atoms with Crippen molar-refractivity contribution in [3.63, 3.8) is 0 Å². The lowest BCUT2D eigenvalue weighted by Gasteiger charge is -2.51. The SMILES string of the molecule is OC1CC(Oc2cc(Br)ccc2F)C12CCCC2. The summed E-state index contributed by atoms with van der Waals surface area (Å²) in [6, 6.07) is 4.71. The van der Waals surface area contributed by atoms with Gasteiger partial charge in [0, 0.05) is 16.3 Å². The summed E-state index contributed by atoms with van der Waals surface area (Å²) >= 11 is 3.32. The van der Waals surface area contributed by atoms with Gasteiger partial charge in [0.25, 0.3) is 0 Å². The van der Waals surface area contributed by atoms with E-state index in [1.165, 1.54) is 6.07 Å². The van der Waals surface area contributed by atoms with Crippen LogP contribution in [0.3, 0.4) is 0 Å². The van der Waals surface area contributed by atoms with E-state index in [9.17, 15) is 9.50 Å². The van der Waals surface area contributed by atoms with Crippen LogP contribution in [0.15, 0.2) is 22.7 Å². The number of benzene rings is 1. The Balaban J connectivity index is 1.79. The number of aliphatic hydroxyl groups is 1. The van der Waals surface area contributed by atoms with E-state index in [0.717, 1.165) is 30.2 Å². The molecule has 18 heavy (non-hydrogen) atoms. The number of hydrogen-bond donors (Lipinski definition) is 1. The molecule has 0 amide bonds. The fraction of sp³-hybridized carbons (Fsp3) is 0.571. The van der Waals surface area contributed by atoms with Crippen LogP contribution in [0, 0.1) is 11.2 Å². The van der Waals surface area contributed by atoms with E-state index in [0.29, 0.717) is 6.42 Å². The molecular formula is C14H16BrFO2. The predicted molar refractivity (Wildman–Crippen MR) is 70.0 cm³/mol. The van der Waals surface area contributed by atoms with E-state index < -0.39 is 0 Å². The first-order valence-electron chi connectivity index (χ1n) is 6.41. The summed E-state index contributed by atoms with van der Waals surface area (Å²) in [7, 11) is 0. The molecule has 4 heteroatoms. The van der Waals surface area contributed by atoms with E-state index in [4.69, 9.17) is 4.74 Å². The van der Waals surface area contributed by atoms with Gasteiger partial charge in [-0.1, -0.05) is 28.8 Å². The van der Waals surface area contributed by atoms with Crippen LogP contribution in [0.4, 0.5) is 4.39 Å². The average molecular weight is 315 g/mol. The summed E-state index contributed by atoms with van der Waals surface area (Å²) < 4.78 is 20.3. The van der Waals surface area contributed by atoms with Gasteiger partial charge in [-0.15, -0.1) is 0 Å². The first-order valence-corrected chi connectivity index (χ1v) is 7.21. The molecule has 98 valence electrons. The van der Waals surface area contributed by atoms with Gasteiger partial charge in [0.1, 0.15) is 6.10 Å². The summed E-state index contributed by atoms with van der Waals surface area (Å²) in [6.07, 6.45) is 4.56. The molecule has 0 heterocycles. The number of aliphatic hydroxyl groups excluding tert-OH is 1. The third-order valence-corrected chi connectivity index (χ3v) is 4.93. The van der Waals surface area contributed by atoms with Gasteiger partial charge in [-0.25, -0.2) is 4.39 Å². The quantitative estimate of drug-likeness (QED) is 0.902. The number of hydrogen-bond acceptors (Lipinski definition) is 2. The third kappa shape index (κ3) is 1.86. The van der Waals surface area contributed by atoms with Gasteiger partial charge in [0.05, 0.1) is 6.10 Å². The highest BCUT2D eigenvalue weighted by molar-refractivity contribution is 9.10. The lowest BCUT2D eigenvalue weighted by Crippen LogP contribution is -2.58. The summed E-state index contributed by atoms with van der Waals surface area (Å²) in [4.78, 5) is 0. The average Bonchev–Trinajstić information content (AvgIpc) is 2.85. The van der Waals surface area contributed by atoms with Crippen LogP contribution in [-0.2, 0) is 0 Å². The molecule has 0 radical (unpaired) electrons. The van der Waals surface area contributed by atoms with E-state index in [-0.39, 0.29) is 29.2 Å². The minimum atomic E-state index is -0.340. The molecule has 1 aromatic carbocycles. The topological polar surface area (TPSA) is 29.5 Å². The molecule has 0 aromatic heterocycles. The van der Waals surface area contributed by atoms with Crippen LogP contribution in [0.2, 0.25) is 0 Å². The molecule has 0 saturated heterocycles. The predicted octanol–water partition coefficient (Wildman–Crippen LogP) is 3.66. The van der Waals surface area contributed by atoms with Gasteiger partial charge in [-0.05, 0) is 31.0 Å². The smallest absolute Gasteiger partial charge is 0.165 e. The standard InChI is InChI=1S/C14H16BrFO2/c15-9-3-4-10(16)11(7-9)18-13-8-12(17)14(13)5-1-2-6-14/h3-4,7,12-13,17H,1-2,5-6,8H2. The highest BCUT2D eigenvalue weighted by Gasteiger charge is 2.57. The minimum absolute atomic E-state index is 0.0428. The Kier molecular flexibility index (Phi) is 3.10. The maximum atomic E-state index is 13.7. The Bertz CT molecular complexity index is 457. The van der Waals surface area contributed by atoms with Gasteiger partial charge < -0.3 is 9.84 Å². The van der Waals surface area contributed by atoms with Gasteiger partial charge in [-0.3, -0.25) is 0 Å². The first kappa shape index (κ1) is 12.4. The van der Waals surface area contributed by atoms with E-state index >= 15 is 0 Å². The summed E-state index contributed by atoms with van der Waals surface area (Å²) in [5.41, 5.74) is -0.116. The number of ether oxygens (including phenoxy) is 1. The molecule has 2 unspecified atom stereocenters. The Labute approximate surface area is 114 Å². The molecule has 1 spiro atoms. The monoisotopic (exact) mass is 314 g/mol. The summed E-state index contributed by atoms with van der Waals surface area (Å²) in [5, 5.41) is 9.99. The zero-order valence-electron chi connectivity index (χ0n) is 10.0. The van der Waals surface area contributed by atoms with Crippen molar-refractivity contribution >= 4 is 15.9 Å². The molecule has 2 nitrogen and oxygen atoms in total. The molecule has 2 aliphatic rings. The lowest BCUT2D eigenvalue weighted by atomic mass is 9.62. The molecule has 2 aliphatic carbocycles. The van der Waals surface area contributed by atoms with Crippen molar-refractivity contribution in [1.29, 1.82) is 0 Å². The molecule has 1 N–H and O–H groups in total. The number of halogens is 2. The second-order valence-electron chi connectivity index (χ2n) is 5.37. The molecule has 2 fully saturated rings. The molecule has 2 atom stereocenters. The molecule has 0 aliphatic heterocycles. The second-order valence-corrected chi connectivity index (χ2v) is 6.29. The van der Waals surface area contributed by atoms with Crippen LogP contribution in [0.25, 0.3) is 0 Å². The maximum absolute atomic E-state index is 13.7. The summed E-state index contributed by atoms with van der Waals surface area (Å²) in [5.74, 6) is -0.0553. The maximum Gasteiger partial charge on any atom is 0.165 e. The van der Waals surface area contributed by atoms with Crippen molar-refractivity contribution < 1.29 is 14.2 Å². The lowest BCUT2D eigenvalue weighted by molar-refractivity contribution is -0.152. The van der Waals surface area contributed by atoms with Crippen molar-refractivity contribution in [3.8, 4) is 5.75 Å². The fourth-order valence-corrected chi connectivity index (χ4v) is 3.64. The molecular weight excluding hydrogens is 299 g/mol. The normalized spacial score (nSPS) is 29.3. The van der Waals surface area contributed by atoms with E-state index in [1.807, 2.05) is 0 Å². The van der Waals surface area contributed by atoms with E-state index in [1.54, 1.807) is 12.1 Å². The van der Waals surface area contributed by atoms with Crippen molar-refractivity contribution in [2.24, 2.45) is 5.41 Å². The largest absolute Gasteiger partial charge is 0.487 e. The highest BCUT2D eigenvalue weighted by atomic mass is 79.9. The van der Waals surface area contributed by atoms with Crippen molar-refractivity contribution in [2.45, 2.75) is 44.3 Å². The Morgan fingerprint density at radius 3 is 2.72 bits per heavy atom. The Morgan fingerprint density at radius 1 is 1.33 bits per heavy atom. The van der Waals surface area contributed by atoms with Crippen molar-refractivity contribution in [1.82, 2.24) is 0 Å². The first-order chi connectivity index (χ1) is 8.62. The Hall–Kier alpha value is -0.610. The van der Waals surface area contributed by atoms with Crippen LogP contribution in [-0.4, -0.2) is 17.3 Å². The number of rotatable bonds is 2. The molecule has 2 saturated carbocycles. The van der Waals surface area contributed by atoms with Crippen LogP contribution in [0.1, 0.15) is 32.1 Å². The van der Waals surface area contributed by atoms with Crippen LogP contribution in [0.5, 0.6) is 5.75 Å². The van der Waals surface area contributed by atoms with Crippen molar-refractivity contribution in [2.75, 3.05) is 0 Å². The van der Waals surface area contributed by atoms with Crippen molar-refractivity contribution in [3.05, 3.63) is 28.5 Å². The second kappa shape index (κ2) is 4.49. The molecule has 3 rings (SSSR count). The third-order valence-electron chi connectivity index (χ3n) is 4.44. The fourth-order valence-electron chi connectivity index (χ4n) is 3.30. The van der Waals surface area contributed by atoms with Gasteiger partial charge in [-0.2, -0.15) is 0 Å². The van der Waals surface area contributed by atoms with E-state index in [2.05, 4.69) is 15.9 Å².